The lowest BCUT2D eigenvalue weighted by atomic mass is 10.0. The molecule has 2 aromatic carbocycles. The Morgan fingerprint density at radius 3 is 2.62 bits per heavy atom. The normalized spacial score (nSPS) is 15.4. The molecule has 0 saturated heterocycles. The molecule has 0 aromatic heterocycles. The van der Waals surface area contributed by atoms with Gasteiger partial charge in [-0.25, -0.2) is 0 Å². The minimum Gasteiger partial charge on any atom is -0.481 e. The lowest BCUT2D eigenvalue weighted by Crippen LogP contribution is -2.39. The summed E-state index contributed by atoms with van der Waals surface area (Å²) in [6, 6.07) is 16.1. The van der Waals surface area contributed by atoms with Crippen LogP contribution < -0.4 is 10.1 Å². The summed E-state index contributed by atoms with van der Waals surface area (Å²) in [7, 11) is 0. The topological polar surface area (TPSA) is 38.3 Å². The monoisotopic (exact) mass is 323 g/mol. The summed E-state index contributed by atoms with van der Waals surface area (Å²) in [6.07, 6.45) is 3.74. The summed E-state index contributed by atoms with van der Waals surface area (Å²) in [5.41, 5.74) is 4.05. The minimum absolute atomic E-state index is 0.0168. The molecule has 2 atom stereocenters. The Labute approximate surface area is 144 Å². The van der Waals surface area contributed by atoms with Gasteiger partial charge >= 0.3 is 0 Å². The molecule has 1 amide bonds. The molecular formula is C21H25NO2. The highest BCUT2D eigenvalue weighted by atomic mass is 16.5. The summed E-state index contributed by atoms with van der Waals surface area (Å²) in [5, 5.41) is 3.09. The van der Waals surface area contributed by atoms with Crippen LogP contribution in [0.2, 0.25) is 0 Å². The third-order valence-corrected chi connectivity index (χ3v) is 4.67. The van der Waals surface area contributed by atoms with Crippen LogP contribution in [-0.2, 0) is 17.6 Å². The maximum Gasteiger partial charge on any atom is 0.261 e. The number of rotatable bonds is 6. The van der Waals surface area contributed by atoms with Gasteiger partial charge < -0.3 is 10.1 Å². The zero-order valence-electron chi connectivity index (χ0n) is 14.4. The molecule has 1 N–H and O–H groups in total. The fourth-order valence-electron chi connectivity index (χ4n) is 3.24. The summed E-state index contributed by atoms with van der Waals surface area (Å²) in [4.78, 5) is 12.6. The maximum atomic E-state index is 12.6. The van der Waals surface area contributed by atoms with Crippen LogP contribution in [0.1, 0.15) is 49.4 Å². The van der Waals surface area contributed by atoms with E-state index in [0.717, 1.165) is 12.2 Å². The number of hydrogen-bond acceptors (Lipinski definition) is 2. The van der Waals surface area contributed by atoms with Gasteiger partial charge in [0.2, 0.25) is 0 Å². The van der Waals surface area contributed by atoms with Crippen molar-refractivity contribution in [2.75, 3.05) is 0 Å². The molecule has 3 nitrogen and oxygen atoms in total. The molecule has 1 aliphatic rings. The standard InChI is InChI=1S/C21H25NO2/c1-3-20(24-19-10-5-4-6-11-19)21(23)22-15(2)17-13-12-16-8-7-9-18(16)14-17/h4-6,10-15,20H,3,7-9H2,1-2H3,(H,22,23)/t15-,20-/m0/s1. The number of hydrogen-bond donors (Lipinski definition) is 1. The van der Waals surface area contributed by atoms with Crippen molar-refractivity contribution in [1.29, 1.82) is 0 Å². The molecule has 3 heteroatoms. The molecule has 126 valence electrons. The van der Waals surface area contributed by atoms with Gasteiger partial charge in [0.05, 0.1) is 6.04 Å². The van der Waals surface area contributed by atoms with Gasteiger partial charge in [0.1, 0.15) is 5.75 Å². The van der Waals surface area contributed by atoms with Gasteiger partial charge in [-0.05, 0) is 61.4 Å². The van der Waals surface area contributed by atoms with E-state index in [0.29, 0.717) is 6.42 Å². The van der Waals surface area contributed by atoms with Crippen LogP contribution in [0.5, 0.6) is 5.75 Å². The average Bonchev–Trinajstić information content (AvgIpc) is 3.08. The molecule has 2 aromatic rings. The number of nitrogens with one attached hydrogen (secondary N) is 1. The number of ether oxygens (including phenoxy) is 1. The van der Waals surface area contributed by atoms with Gasteiger partial charge in [0.25, 0.3) is 5.91 Å². The smallest absolute Gasteiger partial charge is 0.261 e. The zero-order chi connectivity index (χ0) is 16.9. The van der Waals surface area contributed by atoms with Gasteiger partial charge in [0, 0.05) is 0 Å². The molecule has 0 heterocycles. The van der Waals surface area contributed by atoms with Crippen molar-refractivity contribution >= 4 is 5.91 Å². The van der Waals surface area contributed by atoms with E-state index >= 15 is 0 Å². The van der Waals surface area contributed by atoms with Crippen molar-refractivity contribution in [3.05, 3.63) is 65.2 Å². The van der Waals surface area contributed by atoms with Crippen LogP contribution in [0.3, 0.4) is 0 Å². The predicted molar refractivity (Wildman–Crippen MR) is 96.2 cm³/mol. The molecule has 0 fully saturated rings. The number of amides is 1. The molecule has 24 heavy (non-hydrogen) atoms. The van der Waals surface area contributed by atoms with E-state index in [1.165, 1.54) is 29.5 Å². The third-order valence-electron chi connectivity index (χ3n) is 4.67. The lowest BCUT2D eigenvalue weighted by Gasteiger charge is -2.21. The number of benzene rings is 2. The number of carbonyl (C=O) groups is 1. The second-order valence-corrected chi connectivity index (χ2v) is 6.44. The first-order valence-corrected chi connectivity index (χ1v) is 8.81. The molecule has 0 unspecified atom stereocenters. The molecule has 0 bridgehead atoms. The van der Waals surface area contributed by atoms with Crippen molar-refractivity contribution in [3.8, 4) is 5.75 Å². The van der Waals surface area contributed by atoms with Crippen molar-refractivity contribution in [1.82, 2.24) is 5.32 Å². The average molecular weight is 323 g/mol. The number of aryl methyl sites for hydroxylation is 2. The van der Waals surface area contributed by atoms with Crippen molar-refractivity contribution in [2.45, 2.75) is 51.7 Å². The first-order chi connectivity index (χ1) is 11.7. The Balaban J connectivity index is 1.64. The van der Waals surface area contributed by atoms with E-state index in [9.17, 15) is 4.79 Å². The van der Waals surface area contributed by atoms with E-state index in [2.05, 4.69) is 23.5 Å². The highest BCUT2D eigenvalue weighted by Gasteiger charge is 2.21. The molecule has 0 aliphatic heterocycles. The van der Waals surface area contributed by atoms with Gasteiger partial charge in [-0.3, -0.25) is 4.79 Å². The van der Waals surface area contributed by atoms with Crippen LogP contribution in [-0.4, -0.2) is 12.0 Å². The first kappa shape index (κ1) is 16.6. The molecule has 0 radical (unpaired) electrons. The lowest BCUT2D eigenvalue weighted by molar-refractivity contribution is -0.128. The van der Waals surface area contributed by atoms with Gasteiger partial charge in [0.15, 0.2) is 6.10 Å². The van der Waals surface area contributed by atoms with Crippen molar-refractivity contribution < 1.29 is 9.53 Å². The number of carbonyl (C=O) groups excluding carboxylic acids is 1. The molecular weight excluding hydrogens is 298 g/mol. The molecule has 0 saturated carbocycles. The van der Waals surface area contributed by atoms with Crippen LogP contribution in [0.4, 0.5) is 0 Å². The van der Waals surface area contributed by atoms with Crippen molar-refractivity contribution in [3.63, 3.8) is 0 Å². The van der Waals surface area contributed by atoms with E-state index in [-0.39, 0.29) is 11.9 Å². The van der Waals surface area contributed by atoms with Crippen molar-refractivity contribution in [2.24, 2.45) is 0 Å². The van der Waals surface area contributed by atoms with E-state index in [1.807, 2.05) is 44.2 Å². The summed E-state index contributed by atoms with van der Waals surface area (Å²) >= 11 is 0. The summed E-state index contributed by atoms with van der Waals surface area (Å²) in [5.74, 6) is 0.666. The fraction of sp³-hybridized carbons (Fsp3) is 0.381. The number of para-hydroxylation sites is 1. The highest BCUT2D eigenvalue weighted by molar-refractivity contribution is 5.81. The molecule has 0 spiro atoms. The highest BCUT2D eigenvalue weighted by Crippen LogP contribution is 2.25. The number of fused-ring (bicyclic) bond motifs is 1. The minimum atomic E-state index is -0.468. The first-order valence-electron chi connectivity index (χ1n) is 8.81. The Bertz CT molecular complexity index is 696. The Kier molecular flexibility index (Phi) is 5.19. The van der Waals surface area contributed by atoms with Crippen LogP contribution in [0.25, 0.3) is 0 Å². The largest absolute Gasteiger partial charge is 0.481 e. The Hall–Kier alpha value is -2.29. The Morgan fingerprint density at radius 1 is 1.12 bits per heavy atom. The summed E-state index contributed by atoms with van der Waals surface area (Å²) in [6.45, 7) is 4.00. The predicted octanol–water partition coefficient (Wildman–Crippen LogP) is 4.21. The van der Waals surface area contributed by atoms with E-state index < -0.39 is 6.10 Å². The Morgan fingerprint density at radius 2 is 1.88 bits per heavy atom. The van der Waals surface area contributed by atoms with Crippen LogP contribution >= 0.6 is 0 Å². The SMILES string of the molecule is CC[C@H](Oc1ccccc1)C(=O)N[C@@H](C)c1ccc2c(c1)CCC2. The third kappa shape index (κ3) is 3.78. The maximum absolute atomic E-state index is 12.6. The molecule has 3 rings (SSSR count). The fourth-order valence-corrected chi connectivity index (χ4v) is 3.24. The van der Waals surface area contributed by atoms with E-state index in [4.69, 9.17) is 4.74 Å². The van der Waals surface area contributed by atoms with E-state index in [1.54, 1.807) is 0 Å². The second kappa shape index (κ2) is 7.52. The van der Waals surface area contributed by atoms with Gasteiger partial charge in [-0.1, -0.05) is 43.3 Å². The van der Waals surface area contributed by atoms with Crippen LogP contribution in [0.15, 0.2) is 48.5 Å². The van der Waals surface area contributed by atoms with Gasteiger partial charge in [-0.15, -0.1) is 0 Å². The summed E-state index contributed by atoms with van der Waals surface area (Å²) < 4.78 is 5.82. The van der Waals surface area contributed by atoms with Crippen LogP contribution in [0, 0.1) is 0 Å². The second-order valence-electron chi connectivity index (χ2n) is 6.44. The zero-order valence-corrected chi connectivity index (χ0v) is 14.4. The quantitative estimate of drug-likeness (QED) is 0.865. The van der Waals surface area contributed by atoms with Gasteiger partial charge in [-0.2, -0.15) is 0 Å². The molecule has 1 aliphatic carbocycles.